The van der Waals surface area contributed by atoms with Crippen molar-refractivity contribution in [3.8, 4) is 6.07 Å². The molecule has 2 nitrogen and oxygen atoms in total. The summed E-state index contributed by atoms with van der Waals surface area (Å²) < 4.78 is 0.406. The second kappa shape index (κ2) is 5.63. The molecule has 0 radical (unpaired) electrons. The second-order valence-corrected chi connectivity index (χ2v) is 5.45. The SMILES string of the molecule is CSC1(CNC(C)C#N)CCCCC1. The van der Waals surface area contributed by atoms with Gasteiger partial charge in [0, 0.05) is 11.3 Å². The first-order valence-corrected chi connectivity index (χ1v) is 6.63. The molecule has 1 saturated carbocycles. The van der Waals surface area contributed by atoms with Crippen molar-refractivity contribution in [3.63, 3.8) is 0 Å². The van der Waals surface area contributed by atoms with Crippen molar-refractivity contribution < 1.29 is 0 Å². The molecule has 0 spiro atoms. The topological polar surface area (TPSA) is 35.8 Å². The number of thioether (sulfide) groups is 1. The molecule has 0 aromatic heterocycles. The lowest BCUT2D eigenvalue weighted by Gasteiger charge is -2.36. The van der Waals surface area contributed by atoms with Gasteiger partial charge in [-0.25, -0.2) is 0 Å². The minimum absolute atomic E-state index is 0.0130. The van der Waals surface area contributed by atoms with Gasteiger partial charge in [-0.3, -0.25) is 0 Å². The molecule has 0 aromatic carbocycles. The van der Waals surface area contributed by atoms with Gasteiger partial charge in [0.1, 0.15) is 0 Å². The third kappa shape index (κ3) is 3.18. The molecule has 1 rings (SSSR count). The van der Waals surface area contributed by atoms with Crippen molar-refractivity contribution in [1.82, 2.24) is 5.32 Å². The van der Waals surface area contributed by atoms with Crippen molar-refractivity contribution in [1.29, 1.82) is 5.26 Å². The predicted octanol–water partition coefficient (Wildman–Crippen LogP) is 2.55. The van der Waals surface area contributed by atoms with E-state index in [0.29, 0.717) is 4.75 Å². The van der Waals surface area contributed by atoms with Gasteiger partial charge in [-0.1, -0.05) is 19.3 Å². The molecular formula is C11H20N2S. The first-order chi connectivity index (χ1) is 6.72. The minimum atomic E-state index is -0.0130. The Labute approximate surface area is 91.4 Å². The zero-order valence-corrected chi connectivity index (χ0v) is 9.99. The Hall–Kier alpha value is -0.200. The molecule has 14 heavy (non-hydrogen) atoms. The highest BCUT2D eigenvalue weighted by Crippen LogP contribution is 2.37. The average molecular weight is 212 g/mol. The van der Waals surface area contributed by atoms with Crippen LogP contribution in [-0.4, -0.2) is 23.6 Å². The van der Waals surface area contributed by atoms with Gasteiger partial charge < -0.3 is 5.32 Å². The number of nitrogens with zero attached hydrogens (tertiary/aromatic N) is 1. The van der Waals surface area contributed by atoms with E-state index in [1.54, 1.807) is 0 Å². The van der Waals surface area contributed by atoms with E-state index in [0.717, 1.165) is 6.54 Å². The third-order valence-electron chi connectivity index (χ3n) is 3.12. The molecule has 1 aliphatic rings. The van der Waals surface area contributed by atoms with Crippen LogP contribution in [0.3, 0.4) is 0 Å². The van der Waals surface area contributed by atoms with Gasteiger partial charge in [-0.05, 0) is 26.0 Å². The summed E-state index contributed by atoms with van der Waals surface area (Å²) in [6.45, 7) is 2.92. The van der Waals surface area contributed by atoms with E-state index >= 15 is 0 Å². The van der Waals surface area contributed by atoms with Gasteiger partial charge in [0.25, 0.3) is 0 Å². The predicted molar refractivity (Wildman–Crippen MR) is 62.4 cm³/mol. The molecule has 0 amide bonds. The lowest BCUT2D eigenvalue weighted by atomic mass is 9.88. The molecule has 0 aromatic rings. The summed E-state index contributed by atoms with van der Waals surface area (Å²) in [5.74, 6) is 0. The third-order valence-corrected chi connectivity index (χ3v) is 4.54. The average Bonchev–Trinajstić information content (AvgIpc) is 2.27. The van der Waals surface area contributed by atoms with Crippen LogP contribution in [0.1, 0.15) is 39.0 Å². The summed E-state index contributed by atoms with van der Waals surface area (Å²) in [7, 11) is 0. The fraction of sp³-hybridized carbons (Fsp3) is 0.909. The van der Waals surface area contributed by atoms with Crippen molar-refractivity contribution >= 4 is 11.8 Å². The summed E-state index contributed by atoms with van der Waals surface area (Å²) in [5.41, 5.74) is 0. The Bertz CT molecular complexity index is 204. The molecule has 3 heteroatoms. The number of hydrogen-bond acceptors (Lipinski definition) is 3. The number of hydrogen-bond donors (Lipinski definition) is 1. The van der Waals surface area contributed by atoms with Crippen LogP contribution < -0.4 is 5.32 Å². The molecule has 80 valence electrons. The fourth-order valence-corrected chi connectivity index (χ4v) is 2.96. The van der Waals surface area contributed by atoms with Crippen LogP contribution in [0, 0.1) is 11.3 Å². The highest BCUT2D eigenvalue weighted by Gasteiger charge is 2.30. The highest BCUT2D eigenvalue weighted by atomic mass is 32.2. The lowest BCUT2D eigenvalue weighted by molar-refractivity contribution is 0.375. The quantitative estimate of drug-likeness (QED) is 0.778. The van der Waals surface area contributed by atoms with E-state index in [1.807, 2.05) is 18.7 Å². The highest BCUT2D eigenvalue weighted by molar-refractivity contribution is 8.00. The van der Waals surface area contributed by atoms with E-state index in [1.165, 1.54) is 32.1 Å². The Morgan fingerprint density at radius 1 is 1.43 bits per heavy atom. The summed E-state index contributed by atoms with van der Waals surface area (Å²) >= 11 is 1.97. The summed E-state index contributed by atoms with van der Waals surface area (Å²) in [4.78, 5) is 0. The molecule has 1 atom stereocenters. The molecule has 1 fully saturated rings. The molecule has 0 bridgehead atoms. The summed E-state index contributed by atoms with van der Waals surface area (Å²) in [5, 5.41) is 12.0. The van der Waals surface area contributed by atoms with Gasteiger partial charge >= 0.3 is 0 Å². The molecule has 0 heterocycles. The van der Waals surface area contributed by atoms with Gasteiger partial charge in [0.05, 0.1) is 12.1 Å². The van der Waals surface area contributed by atoms with Gasteiger partial charge in [0.15, 0.2) is 0 Å². The normalized spacial score (nSPS) is 22.6. The van der Waals surface area contributed by atoms with Crippen LogP contribution >= 0.6 is 11.8 Å². The van der Waals surface area contributed by atoms with Crippen LogP contribution in [0.15, 0.2) is 0 Å². The number of nitrogens with one attached hydrogen (secondary N) is 1. The van der Waals surface area contributed by atoms with E-state index in [-0.39, 0.29) is 6.04 Å². The smallest absolute Gasteiger partial charge is 0.0924 e. The maximum Gasteiger partial charge on any atom is 0.0924 e. The molecule has 0 saturated heterocycles. The van der Waals surface area contributed by atoms with Crippen molar-refractivity contribution in [2.75, 3.05) is 12.8 Å². The number of rotatable bonds is 4. The first kappa shape index (κ1) is 11.9. The molecule has 1 unspecified atom stereocenters. The summed E-state index contributed by atoms with van der Waals surface area (Å²) in [6.07, 6.45) is 8.89. The Kier molecular flexibility index (Phi) is 4.77. The molecule has 1 N–H and O–H groups in total. The monoisotopic (exact) mass is 212 g/mol. The van der Waals surface area contributed by atoms with E-state index in [2.05, 4.69) is 17.6 Å². The van der Waals surface area contributed by atoms with Gasteiger partial charge in [0.2, 0.25) is 0 Å². The van der Waals surface area contributed by atoms with Crippen molar-refractivity contribution in [2.24, 2.45) is 0 Å². The van der Waals surface area contributed by atoms with E-state index in [4.69, 9.17) is 5.26 Å². The van der Waals surface area contributed by atoms with Crippen LogP contribution in [0.25, 0.3) is 0 Å². The zero-order valence-electron chi connectivity index (χ0n) is 9.18. The van der Waals surface area contributed by atoms with Crippen LogP contribution in [0.2, 0.25) is 0 Å². The van der Waals surface area contributed by atoms with E-state index in [9.17, 15) is 0 Å². The maximum absolute atomic E-state index is 8.70. The van der Waals surface area contributed by atoms with Crippen molar-refractivity contribution in [2.45, 2.75) is 49.8 Å². The largest absolute Gasteiger partial charge is 0.301 e. The first-order valence-electron chi connectivity index (χ1n) is 5.40. The molecule has 0 aliphatic heterocycles. The number of nitriles is 1. The van der Waals surface area contributed by atoms with Crippen molar-refractivity contribution in [3.05, 3.63) is 0 Å². The minimum Gasteiger partial charge on any atom is -0.301 e. The fourth-order valence-electron chi connectivity index (χ4n) is 2.03. The molecule has 1 aliphatic carbocycles. The lowest BCUT2D eigenvalue weighted by Crippen LogP contribution is -2.42. The summed E-state index contributed by atoms with van der Waals surface area (Å²) in [6, 6.07) is 2.21. The van der Waals surface area contributed by atoms with Gasteiger partial charge in [-0.15, -0.1) is 0 Å². The Morgan fingerprint density at radius 2 is 2.07 bits per heavy atom. The second-order valence-electron chi connectivity index (χ2n) is 4.18. The van der Waals surface area contributed by atoms with Crippen LogP contribution in [0.5, 0.6) is 0 Å². The zero-order chi connectivity index (χ0) is 10.4. The Balaban J connectivity index is 2.40. The standard InChI is InChI=1S/C11H20N2S/c1-10(8-12)13-9-11(14-2)6-4-3-5-7-11/h10,13H,3-7,9H2,1-2H3. The van der Waals surface area contributed by atoms with Crippen LogP contribution in [0.4, 0.5) is 0 Å². The van der Waals surface area contributed by atoms with Gasteiger partial charge in [-0.2, -0.15) is 17.0 Å². The maximum atomic E-state index is 8.70. The van der Waals surface area contributed by atoms with Crippen LogP contribution in [-0.2, 0) is 0 Å². The van der Waals surface area contributed by atoms with E-state index < -0.39 is 0 Å². The molecular weight excluding hydrogens is 192 g/mol. The Morgan fingerprint density at radius 3 is 2.57 bits per heavy atom.